The van der Waals surface area contributed by atoms with Crippen LogP contribution in [0.2, 0.25) is 0 Å². The standard InChI is InChI=1S/C77H142O17P2/c1-5-9-13-17-21-25-29-33-35-39-41-45-49-53-57-61-74(79)87-67-72(93-76(81)63-59-55-51-47-43-37-31-27-23-19-15-11-7-3)69-91-95(83,84)89-65-71(78)66-90-96(85,86)92-70-73(94-77(82)64-60-56-52-48-44-38-32-28-24-20-16-12-8-4)68-88-75(80)62-58-54-50-46-42-40-36-34-30-26-22-18-14-10-6-2/h21,25,27,31,33-36,71-73,78H,5-20,22-24,26,28-30,32,37-70H2,1-4H3,(H,83,84)(H,85,86)/b25-21-,31-27-,35-33-,36-34-/t71-,72-,73-/m1/s1. The van der Waals surface area contributed by atoms with Crippen molar-refractivity contribution in [2.75, 3.05) is 39.6 Å². The van der Waals surface area contributed by atoms with Crippen LogP contribution in [0.3, 0.4) is 0 Å². The Labute approximate surface area is 585 Å². The second kappa shape index (κ2) is 70.5. The van der Waals surface area contributed by atoms with Gasteiger partial charge < -0.3 is 33.8 Å². The molecule has 0 aromatic heterocycles. The topological polar surface area (TPSA) is 237 Å². The van der Waals surface area contributed by atoms with Crippen LogP contribution < -0.4 is 0 Å². The summed E-state index contributed by atoms with van der Waals surface area (Å²) in [5.74, 6) is -2.17. The van der Waals surface area contributed by atoms with Crippen LogP contribution in [0.15, 0.2) is 48.6 Å². The van der Waals surface area contributed by atoms with Gasteiger partial charge >= 0.3 is 39.5 Å². The van der Waals surface area contributed by atoms with E-state index in [2.05, 4.69) is 76.3 Å². The monoisotopic (exact) mass is 1400 g/mol. The van der Waals surface area contributed by atoms with Crippen molar-refractivity contribution in [3.8, 4) is 0 Å². The van der Waals surface area contributed by atoms with Gasteiger partial charge in [0, 0.05) is 25.7 Å². The van der Waals surface area contributed by atoms with E-state index < -0.39 is 97.5 Å². The van der Waals surface area contributed by atoms with Crippen molar-refractivity contribution in [3.05, 3.63) is 48.6 Å². The second-order valence-corrected chi connectivity index (χ2v) is 29.2. The highest BCUT2D eigenvalue weighted by Gasteiger charge is 2.30. The van der Waals surface area contributed by atoms with Gasteiger partial charge in [-0.2, -0.15) is 0 Å². The van der Waals surface area contributed by atoms with Gasteiger partial charge in [-0.05, 0) is 109 Å². The molecule has 2 unspecified atom stereocenters. The van der Waals surface area contributed by atoms with Crippen molar-refractivity contribution in [2.24, 2.45) is 0 Å². The molecule has 0 saturated heterocycles. The first-order valence-electron chi connectivity index (χ1n) is 38.9. The molecule has 0 aliphatic heterocycles. The van der Waals surface area contributed by atoms with Gasteiger partial charge in [0.1, 0.15) is 19.3 Å². The maximum atomic E-state index is 13.1. The number of carbonyl (C=O) groups is 4. The first-order chi connectivity index (χ1) is 46.7. The predicted octanol–water partition coefficient (Wildman–Crippen LogP) is 22.1. The van der Waals surface area contributed by atoms with Crippen LogP contribution in [0.1, 0.15) is 362 Å². The number of rotatable bonds is 74. The molecule has 0 spiro atoms. The van der Waals surface area contributed by atoms with Crippen LogP contribution in [0.25, 0.3) is 0 Å². The summed E-state index contributed by atoms with van der Waals surface area (Å²) in [6, 6.07) is 0. The van der Waals surface area contributed by atoms with E-state index in [1.165, 1.54) is 135 Å². The zero-order valence-electron chi connectivity index (χ0n) is 61.3. The molecule has 562 valence electrons. The molecular formula is C77H142O17P2. The molecule has 19 heteroatoms. The quantitative estimate of drug-likeness (QED) is 0.0169. The van der Waals surface area contributed by atoms with E-state index in [4.69, 9.17) is 37.0 Å². The third kappa shape index (κ3) is 69.5. The largest absolute Gasteiger partial charge is 0.472 e. The zero-order valence-corrected chi connectivity index (χ0v) is 63.1. The summed E-state index contributed by atoms with van der Waals surface area (Å²) >= 11 is 0. The van der Waals surface area contributed by atoms with E-state index in [1.54, 1.807) is 0 Å². The molecule has 0 aliphatic carbocycles. The molecule has 96 heavy (non-hydrogen) atoms. The Morgan fingerprint density at radius 1 is 0.292 bits per heavy atom. The molecule has 0 radical (unpaired) electrons. The number of ether oxygens (including phenoxy) is 4. The zero-order chi connectivity index (χ0) is 70.4. The van der Waals surface area contributed by atoms with Crippen LogP contribution in [0.4, 0.5) is 0 Å². The van der Waals surface area contributed by atoms with Crippen LogP contribution in [-0.4, -0.2) is 96.7 Å². The summed E-state index contributed by atoms with van der Waals surface area (Å²) in [5, 5.41) is 10.6. The lowest BCUT2D eigenvalue weighted by atomic mass is 10.0. The molecule has 0 fully saturated rings. The van der Waals surface area contributed by atoms with Gasteiger partial charge in [0.15, 0.2) is 12.2 Å². The van der Waals surface area contributed by atoms with Crippen molar-refractivity contribution in [2.45, 2.75) is 380 Å². The van der Waals surface area contributed by atoms with Crippen LogP contribution in [0, 0.1) is 0 Å². The lowest BCUT2D eigenvalue weighted by Crippen LogP contribution is -2.30. The summed E-state index contributed by atoms with van der Waals surface area (Å²) in [4.78, 5) is 72.8. The van der Waals surface area contributed by atoms with Crippen molar-refractivity contribution < 1.29 is 80.2 Å². The van der Waals surface area contributed by atoms with E-state index in [0.717, 1.165) is 148 Å². The molecule has 0 aromatic rings. The number of aliphatic hydroxyl groups excluding tert-OH is 1. The third-order valence-corrected chi connectivity index (χ3v) is 18.7. The Morgan fingerprint density at radius 3 is 0.812 bits per heavy atom. The Hall–Kier alpha value is -2.98. The molecule has 0 bridgehead atoms. The number of hydrogen-bond acceptors (Lipinski definition) is 15. The number of esters is 4. The number of unbranched alkanes of at least 4 members (excludes halogenated alkanes) is 40. The minimum atomic E-state index is -4.97. The fraction of sp³-hybridized carbons (Fsp3) is 0.844. The van der Waals surface area contributed by atoms with Gasteiger partial charge in [-0.1, -0.05) is 275 Å². The summed E-state index contributed by atoms with van der Waals surface area (Å²) in [6.07, 6.45) is 66.6. The first-order valence-corrected chi connectivity index (χ1v) is 41.9. The molecule has 17 nitrogen and oxygen atoms in total. The summed E-state index contributed by atoms with van der Waals surface area (Å²) in [6.45, 7) is 4.86. The summed E-state index contributed by atoms with van der Waals surface area (Å²) in [7, 11) is -9.93. The summed E-state index contributed by atoms with van der Waals surface area (Å²) < 4.78 is 68.5. The molecule has 3 N–H and O–H groups in total. The molecule has 0 rings (SSSR count). The highest BCUT2D eigenvalue weighted by atomic mass is 31.2. The van der Waals surface area contributed by atoms with Crippen molar-refractivity contribution in [1.82, 2.24) is 0 Å². The number of phosphoric acid groups is 2. The minimum Gasteiger partial charge on any atom is -0.462 e. The van der Waals surface area contributed by atoms with Gasteiger partial charge in [0.2, 0.25) is 0 Å². The molecule has 0 saturated carbocycles. The highest BCUT2D eigenvalue weighted by molar-refractivity contribution is 7.47. The lowest BCUT2D eigenvalue weighted by molar-refractivity contribution is -0.161. The number of phosphoric ester groups is 2. The maximum Gasteiger partial charge on any atom is 0.472 e. The van der Waals surface area contributed by atoms with Crippen LogP contribution in [-0.2, 0) is 65.4 Å². The molecule has 0 aliphatic rings. The Balaban J connectivity index is 5.32. The first kappa shape index (κ1) is 93.0. The highest BCUT2D eigenvalue weighted by Crippen LogP contribution is 2.45. The lowest BCUT2D eigenvalue weighted by Gasteiger charge is -2.21. The van der Waals surface area contributed by atoms with Gasteiger partial charge in [-0.3, -0.25) is 37.3 Å². The SMILES string of the molecule is CCCCC/C=C\C/C=C\CCCCCCCC(=O)OC[C@H](COP(=O)(O)OC[C@@H](O)COP(=O)(O)OC[C@@H](COC(=O)CCCCCCC/C=C\CCCCCCCC)OC(=O)CCCCCCCCCCCCCCC)OC(=O)CCCCCCC/C=C\CCCCCC. The fourth-order valence-corrected chi connectivity index (χ4v) is 12.3. The van der Waals surface area contributed by atoms with Gasteiger partial charge in [-0.15, -0.1) is 0 Å². The van der Waals surface area contributed by atoms with E-state index >= 15 is 0 Å². The maximum absolute atomic E-state index is 13.1. The molecule has 0 aromatic carbocycles. The number of carbonyl (C=O) groups excluding carboxylic acids is 4. The van der Waals surface area contributed by atoms with E-state index in [9.17, 15) is 43.2 Å². The third-order valence-electron chi connectivity index (χ3n) is 16.8. The fourth-order valence-electron chi connectivity index (χ4n) is 10.8. The number of allylic oxidation sites excluding steroid dienone is 8. The van der Waals surface area contributed by atoms with E-state index in [-0.39, 0.29) is 25.7 Å². The van der Waals surface area contributed by atoms with Crippen LogP contribution >= 0.6 is 15.6 Å². The average Bonchev–Trinajstić information content (AvgIpc) is 1.14. The van der Waals surface area contributed by atoms with Crippen molar-refractivity contribution >= 4 is 39.5 Å². The predicted molar refractivity (Wildman–Crippen MR) is 390 cm³/mol. The second-order valence-electron chi connectivity index (χ2n) is 26.3. The molecule has 0 heterocycles. The number of aliphatic hydroxyl groups is 1. The van der Waals surface area contributed by atoms with Gasteiger partial charge in [0.05, 0.1) is 26.4 Å². The molecular weight excluding hydrogens is 1260 g/mol. The molecule has 5 atom stereocenters. The number of hydrogen-bond donors (Lipinski definition) is 3. The smallest absolute Gasteiger partial charge is 0.462 e. The Kier molecular flexibility index (Phi) is 68.3. The molecule has 0 amide bonds. The normalized spacial score (nSPS) is 14.2. The Bertz CT molecular complexity index is 2010. The van der Waals surface area contributed by atoms with Crippen molar-refractivity contribution in [1.29, 1.82) is 0 Å². The Morgan fingerprint density at radius 2 is 0.510 bits per heavy atom. The average molecular weight is 1400 g/mol. The van der Waals surface area contributed by atoms with Gasteiger partial charge in [-0.25, -0.2) is 9.13 Å². The van der Waals surface area contributed by atoms with Crippen LogP contribution in [0.5, 0.6) is 0 Å². The van der Waals surface area contributed by atoms with E-state index in [1.807, 2.05) is 0 Å². The minimum absolute atomic E-state index is 0.0864. The summed E-state index contributed by atoms with van der Waals surface area (Å²) in [5.41, 5.74) is 0. The van der Waals surface area contributed by atoms with E-state index in [0.29, 0.717) is 25.7 Å². The van der Waals surface area contributed by atoms with Gasteiger partial charge in [0.25, 0.3) is 0 Å². The van der Waals surface area contributed by atoms with Crippen molar-refractivity contribution in [3.63, 3.8) is 0 Å².